The maximum Gasteiger partial charge on any atom is 0.236 e. The highest BCUT2D eigenvalue weighted by atomic mass is 32.2. The zero-order valence-corrected chi connectivity index (χ0v) is 19.4. The van der Waals surface area contributed by atoms with Gasteiger partial charge in [-0.15, -0.1) is 11.3 Å². The summed E-state index contributed by atoms with van der Waals surface area (Å²) >= 11 is 1.66. The van der Waals surface area contributed by atoms with Gasteiger partial charge in [-0.05, 0) is 22.6 Å². The molecule has 3 aromatic rings. The van der Waals surface area contributed by atoms with E-state index in [4.69, 9.17) is 0 Å². The van der Waals surface area contributed by atoms with Gasteiger partial charge in [-0.2, -0.15) is 4.31 Å². The van der Waals surface area contributed by atoms with Crippen LogP contribution in [0.4, 0.5) is 0 Å². The number of nitrogens with zero attached hydrogens (tertiary/aromatic N) is 2. The van der Waals surface area contributed by atoms with Gasteiger partial charge < -0.3 is 4.90 Å². The monoisotopic (exact) mass is 469 g/mol. The molecule has 0 bridgehead atoms. The van der Waals surface area contributed by atoms with Gasteiger partial charge in [-0.25, -0.2) is 8.42 Å². The SMILES string of the molecule is O=C(CN[C@H](c1ccccc1)c1cccs1)N1CCN(S(=O)(=O)Cc2ccccc2)CC1. The number of amides is 1. The molecule has 0 unspecified atom stereocenters. The first-order valence-corrected chi connectivity index (χ1v) is 13.1. The average Bonchev–Trinajstić information content (AvgIpc) is 3.35. The van der Waals surface area contributed by atoms with Crippen LogP contribution in [0.2, 0.25) is 0 Å². The molecule has 0 saturated carbocycles. The van der Waals surface area contributed by atoms with Crippen molar-refractivity contribution >= 4 is 27.3 Å². The Kier molecular flexibility index (Phi) is 7.36. The molecule has 0 radical (unpaired) electrons. The van der Waals surface area contributed by atoms with Crippen LogP contribution in [0.5, 0.6) is 0 Å². The lowest BCUT2D eigenvalue weighted by atomic mass is 10.1. The van der Waals surface area contributed by atoms with Crippen LogP contribution in [0.15, 0.2) is 78.2 Å². The van der Waals surface area contributed by atoms with E-state index >= 15 is 0 Å². The van der Waals surface area contributed by atoms with Crippen LogP contribution in [-0.4, -0.2) is 56.3 Å². The molecule has 1 aromatic heterocycles. The highest BCUT2D eigenvalue weighted by Crippen LogP contribution is 2.25. The second kappa shape index (κ2) is 10.4. The zero-order chi connectivity index (χ0) is 22.4. The average molecular weight is 470 g/mol. The lowest BCUT2D eigenvalue weighted by molar-refractivity contribution is -0.131. The van der Waals surface area contributed by atoms with Crippen molar-refractivity contribution in [3.8, 4) is 0 Å². The third kappa shape index (κ3) is 5.63. The predicted octanol–water partition coefficient (Wildman–Crippen LogP) is 3.10. The number of hydrogen-bond donors (Lipinski definition) is 1. The van der Waals surface area contributed by atoms with Gasteiger partial charge in [0, 0.05) is 31.1 Å². The Hall–Kier alpha value is -2.52. The van der Waals surface area contributed by atoms with E-state index in [1.807, 2.05) is 60.0 Å². The van der Waals surface area contributed by atoms with Gasteiger partial charge in [0.25, 0.3) is 0 Å². The van der Waals surface area contributed by atoms with Crippen molar-refractivity contribution in [1.82, 2.24) is 14.5 Å². The third-order valence-corrected chi connectivity index (χ3v) is 8.38. The molecule has 6 nitrogen and oxygen atoms in total. The Balaban J connectivity index is 1.32. The Bertz CT molecular complexity index is 1100. The molecule has 4 rings (SSSR count). The number of hydrogen-bond acceptors (Lipinski definition) is 5. The number of piperazine rings is 1. The Labute approximate surface area is 193 Å². The summed E-state index contributed by atoms with van der Waals surface area (Å²) in [4.78, 5) is 15.8. The van der Waals surface area contributed by atoms with Gasteiger partial charge in [-0.3, -0.25) is 10.1 Å². The molecule has 0 spiro atoms. The number of carbonyl (C=O) groups is 1. The van der Waals surface area contributed by atoms with Crippen LogP contribution in [-0.2, 0) is 20.6 Å². The highest BCUT2D eigenvalue weighted by molar-refractivity contribution is 7.88. The molecule has 1 aliphatic heterocycles. The summed E-state index contributed by atoms with van der Waals surface area (Å²) in [5.41, 5.74) is 1.88. The number of thiophene rings is 1. The molecule has 1 amide bonds. The van der Waals surface area contributed by atoms with Crippen molar-refractivity contribution < 1.29 is 13.2 Å². The van der Waals surface area contributed by atoms with Gasteiger partial charge in [0.05, 0.1) is 18.3 Å². The summed E-state index contributed by atoms with van der Waals surface area (Å²) in [6, 6.07) is 23.3. The molecule has 1 saturated heterocycles. The topological polar surface area (TPSA) is 69.7 Å². The van der Waals surface area contributed by atoms with Crippen molar-refractivity contribution in [3.05, 3.63) is 94.2 Å². The first kappa shape index (κ1) is 22.7. The number of nitrogens with one attached hydrogen (secondary N) is 1. The summed E-state index contributed by atoms with van der Waals surface area (Å²) in [7, 11) is -3.40. The molecule has 2 heterocycles. The standard InChI is InChI=1S/C24H27N3O3S2/c28-23(18-25-24(22-12-7-17-31-22)21-10-5-2-6-11-21)26-13-15-27(16-14-26)32(29,30)19-20-8-3-1-4-9-20/h1-12,17,24-25H,13-16,18-19H2/t24-/m1/s1. The molecular formula is C24H27N3O3S2. The predicted molar refractivity (Wildman–Crippen MR) is 128 cm³/mol. The van der Waals surface area contributed by atoms with Crippen LogP contribution in [0.3, 0.4) is 0 Å². The molecule has 1 N–H and O–H groups in total. The summed E-state index contributed by atoms with van der Waals surface area (Å²) in [6.07, 6.45) is 0. The van der Waals surface area contributed by atoms with E-state index < -0.39 is 10.0 Å². The minimum Gasteiger partial charge on any atom is -0.339 e. The summed E-state index contributed by atoms with van der Waals surface area (Å²) < 4.78 is 27.0. The fourth-order valence-corrected chi connectivity index (χ4v) is 6.22. The number of carbonyl (C=O) groups excluding carboxylic acids is 1. The van der Waals surface area contributed by atoms with Crippen molar-refractivity contribution in [1.29, 1.82) is 0 Å². The lowest BCUT2D eigenvalue weighted by Gasteiger charge is -2.34. The quantitative estimate of drug-likeness (QED) is 0.550. The van der Waals surface area contributed by atoms with Gasteiger partial charge in [-0.1, -0.05) is 66.7 Å². The molecular weight excluding hydrogens is 442 g/mol. The third-order valence-electron chi connectivity index (χ3n) is 5.59. The van der Waals surface area contributed by atoms with Crippen LogP contribution in [0.1, 0.15) is 22.0 Å². The van der Waals surface area contributed by atoms with Gasteiger partial charge in [0.2, 0.25) is 15.9 Å². The largest absolute Gasteiger partial charge is 0.339 e. The zero-order valence-electron chi connectivity index (χ0n) is 17.8. The van der Waals surface area contributed by atoms with E-state index in [0.717, 1.165) is 16.0 Å². The maximum absolute atomic E-state index is 12.8. The Morgan fingerprint density at radius 1 is 0.906 bits per heavy atom. The highest BCUT2D eigenvalue weighted by Gasteiger charge is 2.29. The maximum atomic E-state index is 12.8. The lowest BCUT2D eigenvalue weighted by Crippen LogP contribution is -2.52. The van der Waals surface area contributed by atoms with Crippen molar-refractivity contribution in [2.24, 2.45) is 0 Å². The molecule has 2 aromatic carbocycles. The minimum absolute atomic E-state index is 0.0110. The number of benzene rings is 2. The van der Waals surface area contributed by atoms with Gasteiger partial charge in [0.1, 0.15) is 0 Å². The first-order chi connectivity index (χ1) is 15.5. The van der Waals surface area contributed by atoms with E-state index in [2.05, 4.69) is 23.5 Å². The van der Waals surface area contributed by atoms with Crippen molar-refractivity contribution in [3.63, 3.8) is 0 Å². The van der Waals surface area contributed by atoms with Crippen molar-refractivity contribution in [2.45, 2.75) is 11.8 Å². The fourth-order valence-electron chi connectivity index (χ4n) is 3.88. The molecule has 8 heteroatoms. The summed E-state index contributed by atoms with van der Waals surface area (Å²) in [5, 5.41) is 5.43. The number of sulfonamides is 1. The van der Waals surface area contributed by atoms with E-state index in [1.54, 1.807) is 16.2 Å². The van der Waals surface area contributed by atoms with E-state index in [-0.39, 0.29) is 24.2 Å². The second-order valence-electron chi connectivity index (χ2n) is 7.76. The van der Waals surface area contributed by atoms with Gasteiger partial charge in [0.15, 0.2) is 0 Å². The first-order valence-electron chi connectivity index (χ1n) is 10.6. The van der Waals surface area contributed by atoms with E-state index in [9.17, 15) is 13.2 Å². The molecule has 0 aliphatic carbocycles. The molecule has 32 heavy (non-hydrogen) atoms. The van der Waals surface area contributed by atoms with Crippen LogP contribution in [0.25, 0.3) is 0 Å². The second-order valence-corrected chi connectivity index (χ2v) is 10.7. The summed E-state index contributed by atoms with van der Waals surface area (Å²) in [6.45, 7) is 1.67. The normalized spacial score (nSPS) is 16.1. The smallest absolute Gasteiger partial charge is 0.236 e. The molecule has 168 valence electrons. The fraction of sp³-hybridized carbons (Fsp3) is 0.292. The van der Waals surface area contributed by atoms with Crippen LogP contribution in [0, 0.1) is 0 Å². The van der Waals surface area contributed by atoms with Crippen LogP contribution < -0.4 is 5.32 Å². The molecule has 1 atom stereocenters. The van der Waals surface area contributed by atoms with Crippen LogP contribution >= 0.6 is 11.3 Å². The van der Waals surface area contributed by atoms with E-state index in [0.29, 0.717) is 26.2 Å². The van der Waals surface area contributed by atoms with Gasteiger partial charge >= 0.3 is 0 Å². The summed E-state index contributed by atoms with van der Waals surface area (Å²) in [5.74, 6) is -0.0225. The Morgan fingerprint density at radius 3 is 2.19 bits per heavy atom. The molecule has 1 fully saturated rings. The molecule has 1 aliphatic rings. The minimum atomic E-state index is -3.40. The van der Waals surface area contributed by atoms with Crippen molar-refractivity contribution in [2.75, 3.05) is 32.7 Å². The number of rotatable bonds is 8. The van der Waals surface area contributed by atoms with E-state index in [1.165, 1.54) is 4.31 Å². The Morgan fingerprint density at radius 2 is 1.56 bits per heavy atom.